The molecule has 2 N–H and O–H groups in total. The van der Waals surface area contributed by atoms with E-state index in [1.165, 1.54) is 114 Å². The molecular weight excluding hydrogens is 354 g/mol. The number of hydrogen-bond acceptors (Lipinski definition) is 2. The van der Waals surface area contributed by atoms with Crippen molar-refractivity contribution in [1.82, 2.24) is 0 Å². The van der Waals surface area contributed by atoms with E-state index in [1.54, 1.807) is 0 Å². The van der Waals surface area contributed by atoms with Gasteiger partial charge in [0.05, 0.1) is 0 Å². The molecule has 0 fully saturated rings. The lowest BCUT2D eigenvalue weighted by atomic mass is 10.0. The monoisotopic (exact) mass is 393 g/mol. The van der Waals surface area contributed by atoms with Gasteiger partial charge in [-0.1, -0.05) is 127 Å². The number of thioether (sulfide) groups is 1. The average molecular weight is 394 g/mol. The smallest absolute Gasteiger partial charge is 0.135 e. The molecule has 1 rings (SSSR count). The third-order valence-electron chi connectivity index (χ3n) is 4.96. The Bertz CT molecular complexity index is 456. The van der Waals surface area contributed by atoms with Crippen LogP contribution in [0.15, 0.2) is 29.2 Å². The summed E-state index contributed by atoms with van der Waals surface area (Å²) in [7, 11) is 0. The van der Waals surface area contributed by atoms with E-state index in [9.17, 15) is 0 Å². The Kier molecular flexibility index (Phi) is 15.0. The molecule has 0 spiro atoms. The molecule has 0 radical (unpaired) electrons. The van der Waals surface area contributed by atoms with Crippen molar-refractivity contribution in [1.29, 1.82) is 0 Å². The van der Waals surface area contributed by atoms with Crippen LogP contribution in [-0.2, 0) is 6.42 Å². The SMILES string of the molecule is CCCCCCCCCCCCCCCCc1ccc(SC(N)=S)cc1. The molecule has 0 aliphatic heterocycles. The maximum absolute atomic E-state index is 5.55. The molecule has 0 saturated heterocycles. The maximum atomic E-state index is 5.55. The lowest BCUT2D eigenvalue weighted by molar-refractivity contribution is 0.535. The highest BCUT2D eigenvalue weighted by atomic mass is 32.2. The van der Waals surface area contributed by atoms with E-state index >= 15 is 0 Å². The first-order valence-electron chi connectivity index (χ1n) is 10.8. The van der Waals surface area contributed by atoms with Crippen LogP contribution in [0.25, 0.3) is 0 Å². The Labute approximate surface area is 171 Å². The highest BCUT2D eigenvalue weighted by Crippen LogP contribution is 2.19. The highest BCUT2D eigenvalue weighted by Gasteiger charge is 1.98. The topological polar surface area (TPSA) is 26.0 Å². The third kappa shape index (κ3) is 13.6. The Hall–Kier alpha value is -0.540. The highest BCUT2D eigenvalue weighted by molar-refractivity contribution is 8.22. The predicted molar refractivity (Wildman–Crippen MR) is 123 cm³/mol. The van der Waals surface area contributed by atoms with Crippen molar-refractivity contribution in [3.8, 4) is 0 Å². The average Bonchev–Trinajstić information content (AvgIpc) is 2.63. The van der Waals surface area contributed by atoms with Gasteiger partial charge in [-0.3, -0.25) is 0 Å². The van der Waals surface area contributed by atoms with Crippen LogP contribution >= 0.6 is 24.0 Å². The van der Waals surface area contributed by atoms with Crippen molar-refractivity contribution in [2.45, 2.75) is 108 Å². The Morgan fingerprint density at radius 2 is 1.15 bits per heavy atom. The molecule has 0 atom stereocenters. The van der Waals surface area contributed by atoms with Gasteiger partial charge in [-0.2, -0.15) is 0 Å². The van der Waals surface area contributed by atoms with Gasteiger partial charge in [0.25, 0.3) is 0 Å². The second-order valence-corrected chi connectivity index (χ2v) is 9.22. The molecule has 0 unspecified atom stereocenters. The molecule has 0 heterocycles. The summed E-state index contributed by atoms with van der Waals surface area (Å²) < 4.78 is 0.490. The summed E-state index contributed by atoms with van der Waals surface area (Å²) >= 11 is 6.39. The summed E-state index contributed by atoms with van der Waals surface area (Å²) in [4.78, 5) is 1.14. The largest absolute Gasteiger partial charge is 0.384 e. The van der Waals surface area contributed by atoms with Gasteiger partial charge in [0, 0.05) is 4.90 Å². The third-order valence-corrected chi connectivity index (χ3v) is 5.92. The summed E-state index contributed by atoms with van der Waals surface area (Å²) in [5.74, 6) is 0. The van der Waals surface area contributed by atoms with Crippen LogP contribution in [0, 0.1) is 0 Å². The van der Waals surface area contributed by atoms with Crippen molar-refractivity contribution in [2.75, 3.05) is 0 Å². The molecule has 0 amide bonds. The zero-order chi connectivity index (χ0) is 18.9. The summed E-state index contributed by atoms with van der Waals surface area (Å²) in [5, 5.41) is 0. The Morgan fingerprint density at radius 1 is 0.731 bits per heavy atom. The Morgan fingerprint density at radius 3 is 1.58 bits per heavy atom. The number of aryl methyl sites for hydroxylation is 1. The second kappa shape index (κ2) is 16.6. The van der Waals surface area contributed by atoms with Crippen LogP contribution in [0.3, 0.4) is 0 Å². The fraction of sp³-hybridized carbons (Fsp3) is 0.696. The molecule has 1 aromatic carbocycles. The molecule has 1 aromatic rings. The van der Waals surface area contributed by atoms with Crippen LogP contribution in [-0.4, -0.2) is 4.32 Å². The van der Waals surface area contributed by atoms with Crippen molar-refractivity contribution >= 4 is 28.3 Å². The summed E-state index contributed by atoms with van der Waals surface area (Å²) in [5.41, 5.74) is 6.98. The van der Waals surface area contributed by atoms with Gasteiger partial charge in [-0.05, 0) is 30.5 Å². The van der Waals surface area contributed by atoms with Gasteiger partial charge in [0.15, 0.2) is 0 Å². The minimum atomic E-state index is 0.490. The maximum Gasteiger partial charge on any atom is 0.135 e. The van der Waals surface area contributed by atoms with E-state index in [0.717, 1.165) is 4.90 Å². The van der Waals surface area contributed by atoms with Crippen molar-refractivity contribution < 1.29 is 0 Å². The quantitative estimate of drug-likeness (QED) is 0.175. The summed E-state index contributed by atoms with van der Waals surface area (Å²) in [6.07, 6.45) is 21.0. The molecular formula is C23H39NS2. The normalized spacial score (nSPS) is 11.0. The molecule has 26 heavy (non-hydrogen) atoms. The van der Waals surface area contributed by atoms with E-state index in [4.69, 9.17) is 18.0 Å². The van der Waals surface area contributed by atoms with Crippen LogP contribution < -0.4 is 5.73 Å². The van der Waals surface area contributed by atoms with Crippen molar-refractivity contribution in [3.63, 3.8) is 0 Å². The Balaban J connectivity index is 1.87. The molecule has 0 aliphatic carbocycles. The van der Waals surface area contributed by atoms with Gasteiger partial charge in [0.2, 0.25) is 0 Å². The molecule has 0 bridgehead atoms. The fourth-order valence-electron chi connectivity index (χ4n) is 3.36. The molecule has 148 valence electrons. The summed E-state index contributed by atoms with van der Waals surface area (Å²) in [6, 6.07) is 8.68. The van der Waals surface area contributed by atoms with Crippen LogP contribution in [0.1, 0.15) is 102 Å². The number of nitrogens with two attached hydrogens (primary N) is 1. The van der Waals surface area contributed by atoms with Crippen molar-refractivity contribution in [2.24, 2.45) is 5.73 Å². The van der Waals surface area contributed by atoms with Crippen LogP contribution in [0.4, 0.5) is 0 Å². The summed E-state index contributed by atoms with van der Waals surface area (Å²) in [6.45, 7) is 2.29. The van der Waals surface area contributed by atoms with Crippen molar-refractivity contribution in [3.05, 3.63) is 29.8 Å². The first-order chi connectivity index (χ1) is 12.7. The minimum absolute atomic E-state index is 0.490. The fourth-order valence-corrected chi connectivity index (χ4v) is 4.16. The number of benzene rings is 1. The molecule has 0 aliphatic rings. The van der Waals surface area contributed by atoms with E-state index in [1.807, 2.05) is 0 Å². The number of unbranched alkanes of at least 4 members (excludes halogenated alkanes) is 13. The number of rotatable bonds is 16. The first-order valence-corrected chi connectivity index (χ1v) is 12.0. The van der Waals surface area contributed by atoms with Gasteiger partial charge in [0.1, 0.15) is 4.32 Å². The van der Waals surface area contributed by atoms with Gasteiger partial charge in [-0.25, -0.2) is 0 Å². The van der Waals surface area contributed by atoms with Gasteiger partial charge < -0.3 is 5.73 Å². The first kappa shape index (κ1) is 23.5. The van der Waals surface area contributed by atoms with Gasteiger partial charge >= 0.3 is 0 Å². The van der Waals surface area contributed by atoms with Crippen LogP contribution in [0.5, 0.6) is 0 Å². The minimum Gasteiger partial charge on any atom is -0.384 e. The second-order valence-electron chi connectivity index (χ2n) is 7.41. The standard InChI is InChI=1S/C23H39NS2/c1-2-3-4-5-6-7-8-9-10-11-12-13-14-15-16-21-17-19-22(20-18-21)26-23(24)25/h17-20H,2-16H2,1H3,(H2,24,25). The predicted octanol–water partition coefficient (Wildman–Crippen LogP) is 8.05. The van der Waals surface area contributed by atoms with E-state index in [2.05, 4.69) is 31.2 Å². The van der Waals surface area contributed by atoms with E-state index in [-0.39, 0.29) is 0 Å². The molecule has 0 saturated carbocycles. The zero-order valence-electron chi connectivity index (χ0n) is 16.8. The molecule has 3 heteroatoms. The lowest BCUT2D eigenvalue weighted by Crippen LogP contribution is -2.00. The number of thiocarbonyl (C=S) groups is 1. The molecule has 1 nitrogen and oxygen atoms in total. The number of hydrogen-bond donors (Lipinski definition) is 1. The lowest BCUT2D eigenvalue weighted by Gasteiger charge is -2.05. The van der Waals surface area contributed by atoms with Gasteiger partial charge in [-0.15, -0.1) is 0 Å². The zero-order valence-corrected chi connectivity index (χ0v) is 18.4. The molecule has 0 aromatic heterocycles. The van der Waals surface area contributed by atoms with E-state index < -0.39 is 0 Å². The van der Waals surface area contributed by atoms with Crippen LogP contribution in [0.2, 0.25) is 0 Å². The van der Waals surface area contributed by atoms with E-state index in [0.29, 0.717) is 4.32 Å².